The van der Waals surface area contributed by atoms with Crippen molar-refractivity contribution in [1.29, 1.82) is 0 Å². The van der Waals surface area contributed by atoms with Crippen LogP contribution >= 0.6 is 0 Å². The molecule has 0 unspecified atom stereocenters. The number of carbonyl (C=O) groups is 1. The first-order chi connectivity index (χ1) is 7.56. The van der Waals surface area contributed by atoms with Crippen molar-refractivity contribution in [3.63, 3.8) is 0 Å². The summed E-state index contributed by atoms with van der Waals surface area (Å²) < 4.78 is 14.6. The fraction of sp³-hybridized carbons (Fsp3) is 0.364. The van der Waals surface area contributed by atoms with Crippen molar-refractivity contribution in [3.05, 3.63) is 17.2 Å². The van der Waals surface area contributed by atoms with Crippen LogP contribution in [-0.2, 0) is 4.74 Å². The normalized spacial score (nSPS) is 9.75. The molecule has 0 aliphatic rings. The summed E-state index contributed by atoms with van der Waals surface area (Å²) in [6, 6.07) is 1.42. The van der Waals surface area contributed by atoms with E-state index in [1.54, 1.807) is 6.92 Å². The molecule has 0 saturated heterocycles. The van der Waals surface area contributed by atoms with Gasteiger partial charge in [0.15, 0.2) is 11.5 Å². The standard InChI is InChI=1S/C11H14O5/c1-6-7(11(13)16-4)5-8(14-2)9(12)10(6)15-3/h5,12H,1-4H3. The smallest absolute Gasteiger partial charge is 0.338 e. The van der Waals surface area contributed by atoms with Gasteiger partial charge in [0, 0.05) is 5.56 Å². The van der Waals surface area contributed by atoms with Crippen LogP contribution in [0.5, 0.6) is 17.2 Å². The lowest BCUT2D eigenvalue weighted by Gasteiger charge is -2.13. The molecule has 0 aliphatic carbocycles. The van der Waals surface area contributed by atoms with E-state index in [9.17, 15) is 9.90 Å². The molecule has 0 amide bonds. The number of aromatic hydroxyl groups is 1. The number of rotatable bonds is 3. The monoisotopic (exact) mass is 226 g/mol. The van der Waals surface area contributed by atoms with E-state index in [0.29, 0.717) is 11.1 Å². The molecule has 5 nitrogen and oxygen atoms in total. The summed E-state index contributed by atoms with van der Waals surface area (Å²) in [6.45, 7) is 1.66. The highest BCUT2D eigenvalue weighted by Gasteiger charge is 2.20. The zero-order valence-corrected chi connectivity index (χ0v) is 9.66. The summed E-state index contributed by atoms with van der Waals surface area (Å²) in [5, 5.41) is 9.75. The van der Waals surface area contributed by atoms with Crippen LogP contribution in [0.4, 0.5) is 0 Å². The summed E-state index contributed by atoms with van der Waals surface area (Å²) >= 11 is 0. The highest BCUT2D eigenvalue weighted by Crippen LogP contribution is 2.40. The van der Waals surface area contributed by atoms with Gasteiger partial charge in [0.05, 0.1) is 26.9 Å². The van der Waals surface area contributed by atoms with Gasteiger partial charge in [-0.3, -0.25) is 0 Å². The summed E-state index contributed by atoms with van der Waals surface area (Å²) in [7, 11) is 4.08. The van der Waals surface area contributed by atoms with Crippen LogP contribution in [0.2, 0.25) is 0 Å². The minimum absolute atomic E-state index is 0.129. The van der Waals surface area contributed by atoms with E-state index >= 15 is 0 Å². The summed E-state index contributed by atoms with van der Waals surface area (Å²) in [5.41, 5.74) is 0.807. The predicted octanol–water partition coefficient (Wildman–Crippen LogP) is 1.50. The first-order valence-corrected chi connectivity index (χ1v) is 4.59. The third kappa shape index (κ3) is 1.88. The average molecular weight is 226 g/mol. The van der Waals surface area contributed by atoms with Gasteiger partial charge in [0.1, 0.15) is 0 Å². The van der Waals surface area contributed by atoms with Crippen LogP contribution < -0.4 is 9.47 Å². The van der Waals surface area contributed by atoms with Crippen molar-refractivity contribution in [2.45, 2.75) is 6.92 Å². The van der Waals surface area contributed by atoms with Crippen LogP contribution in [0, 0.1) is 6.92 Å². The molecule has 0 atom stereocenters. The van der Waals surface area contributed by atoms with E-state index in [-0.39, 0.29) is 17.2 Å². The maximum absolute atomic E-state index is 11.5. The maximum atomic E-state index is 11.5. The molecule has 1 rings (SSSR count). The van der Waals surface area contributed by atoms with Gasteiger partial charge in [-0.2, -0.15) is 0 Å². The topological polar surface area (TPSA) is 65.0 Å². The number of esters is 1. The molecule has 88 valence electrons. The SMILES string of the molecule is COC(=O)c1cc(OC)c(O)c(OC)c1C. The fourth-order valence-electron chi connectivity index (χ4n) is 1.45. The Morgan fingerprint density at radius 2 is 1.88 bits per heavy atom. The van der Waals surface area contributed by atoms with E-state index in [2.05, 4.69) is 4.74 Å². The molecule has 0 radical (unpaired) electrons. The number of benzene rings is 1. The molecule has 0 bridgehead atoms. The quantitative estimate of drug-likeness (QED) is 0.791. The number of carbonyl (C=O) groups excluding carboxylic acids is 1. The molecule has 0 saturated carbocycles. The second-order valence-electron chi connectivity index (χ2n) is 3.12. The summed E-state index contributed by atoms with van der Waals surface area (Å²) in [5.74, 6) is -0.258. The van der Waals surface area contributed by atoms with Gasteiger partial charge in [0.25, 0.3) is 0 Å². The third-order valence-electron chi connectivity index (χ3n) is 2.30. The van der Waals surface area contributed by atoms with Crippen LogP contribution in [0.1, 0.15) is 15.9 Å². The lowest BCUT2D eigenvalue weighted by atomic mass is 10.1. The van der Waals surface area contributed by atoms with Crippen LogP contribution in [0.3, 0.4) is 0 Å². The zero-order valence-electron chi connectivity index (χ0n) is 9.66. The molecule has 0 heterocycles. The van der Waals surface area contributed by atoms with E-state index in [4.69, 9.17) is 9.47 Å². The fourth-order valence-corrected chi connectivity index (χ4v) is 1.45. The second kappa shape index (κ2) is 4.74. The number of phenols is 1. The summed E-state index contributed by atoms with van der Waals surface area (Å²) in [6.07, 6.45) is 0. The van der Waals surface area contributed by atoms with Crippen molar-refractivity contribution in [3.8, 4) is 17.2 Å². The van der Waals surface area contributed by atoms with Crippen LogP contribution in [0.15, 0.2) is 6.07 Å². The van der Waals surface area contributed by atoms with Gasteiger partial charge in [-0.25, -0.2) is 4.79 Å². The molecule has 1 aromatic carbocycles. The van der Waals surface area contributed by atoms with Crippen LogP contribution in [-0.4, -0.2) is 32.4 Å². The lowest BCUT2D eigenvalue weighted by Crippen LogP contribution is -2.06. The van der Waals surface area contributed by atoms with E-state index in [1.807, 2.05) is 0 Å². The molecule has 0 fully saturated rings. The molecule has 0 aliphatic heterocycles. The molecular weight excluding hydrogens is 212 g/mol. The van der Waals surface area contributed by atoms with Crippen molar-refractivity contribution in [2.75, 3.05) is 21.3 Å². The number of phenolic OH excluding ortho intramolecular Hbond substituents is 1. The molecule has 1 aromatic rings. The summed E-state index contributed by atoms with van der Waals surface area (Å²) in [4.78, 5) is 11.5. The Balaban J connectivity index is 3.46. The third-order valence-corrected chi connectivity index (χ3v) is 2.30. The maximum Gasteiger partial charge on any atom is 0.338 e. The Labute approximate surface area is 93.6 Å². The van der Waals surface area contributed by atoms with Gasteiger partial charge < -0.3 is 19.3 Å². The van der Waals surface area contributed by atoms with Crippen LogP contribution in [0.25, 0.3) is 0 Å². The number of hydrogen-bond donors (Lipinski definition) is 1. The highest BCUT2D eigenvalue weighted by atomic mass is 16.5. The predicted molar refractivity (Wildman–Crippen MR) is 57.3 cm³/mol. The van der Waals surface area contributed by atoms with Gasteiger partial charge in [-0.1, -0.05) is 0 Å². The van der Waals surface area contributed by atoms with Gasteiger partial charge in [0.2, 0.25) is 5.75 Å². The second-order valence-corrected chi connectivity index (χ2v) is 3.12. The first-order valence-electron chi connectivity index (χ1n) is 4.59. The average Bonchev–Trinajstić information content (AvgIpc) is 2.29. The minimum Gasteiger partial charge on any atom is -0.502 e. The molecule has 0 spiro atoms. The Hall–Kier alpha value is -1.91. The van der Waals surface area contributed by atoms with Crippen molar-refractivity contribution >= 4 is 5.97 Å². The highest BCUT2D eigenvalue weighted by molar-refractivity contribution is 5.93. The lowest BCUT2D eigenvalue weighted by molar-refractivity contribution is 0.0599. The van der Waals surface area contributed by atoms with E-state index < -0.39 is 5.97 Å². The van der Waals surface area contributed by atoms with Gasteiger partial charge in [-0.15, -0.1) is 0 Å². The minimum atomic E-state index is -0.505. The number of hydrogen-bond acceptors (Lipinski definition) is 5. The Bertz CT molecular complexity index is 411. The largest absolute Gasteiger partial charge is 0.502 e. The molecule has 5 heteroatoms. The Kier molecular flexibility index (Phi) is 3.60. The van der Waals surface area contributed by atoms with E-state index in [0.717, 1.165) is 0 Å². The molecular formula is C11H14O5. The van der Waals surface area contributed by atoms with Gasteiger partial charge >= 0.3 is 5.97 Å². The van der Waals surface area contributed by atoms with Crippen molar-refractivity contribution in [1.82, 2.24) is 0 Å². The van der Waals surface area contributed by atoms with E-state index in [1.165, 1.54) is 27.4 Å². The number of ether oxygens (including phenoxy) is 3. The molecule has 16 heavy (non-hydrogen) atoms. The number of methoxy groups -OCH3 is 3. The zero-order chi connectivity index (χ0) is 12.3. The first kappa shape index (κ1) is 12.2. The van der Waals surface area contributed by atoms with Crippen molar-refractivity contribution in [2.24, 2.45) is 0 Å². The Morgan fingerprint density at radius 1 is 1.25 bits per heavy atom. The van der Waals surface area contributed by atoms with Crippen molar-refractivity contribution < 1.29 is 24.1 Å². The molecule has 0 aromatic heterocycles. The Morgan fingerprint density at radius 3 is 2.31 bits per heavy atom. The molecule has 1 N–H and O–H groups in total. The van der Waals surface area contributed by atoms with Gasteiger partial charge in [-0.05, 0) is 13.0 Å².